The van der Waals surface area contributed by atoms with Gasteiger partial charge < -0.3 is 4.74 Å². The first kappa shape index (κ1) is 20.1. The van der Waals surface area contributed by atoms with Crippen LogP contribution in [0.2, 0.25) is 0 Å². The van der Waals surface area contributed by atoms with Crippen LogP contribution in [0.5, 0.6) is 0 Å². The maximum atomic E-state index is 12.3. The third-order valence-electron chi connectivity index (χ3n) is 3.11. The number of Topliss-reactive ketones (excluding diaryl/α,β-unsaturated/α-hetero) is 1. The number of ketones is 1. The van der Waals surface area contributed by atoms with Crippen LogP contribution in [-0.4, -0.2) is 35.3 Å². The predicted molar refractivity (Wildman–Crippen MR) is 87.9 cm³/mol. The lowest BCUT2D eigenvalue weighted by Crippen LogP contribution is -2.39. The Kier molecular flexibility index (Phi) is 7.82. The summed E-state index contributed by atoms with van der Waals surface area (Å²) in [5, 5.41) is 0. The molecular formula is C18H25F2NO3. The van der Waals surface area contributed by atoms with E-state index in [1.807, 2.05) is 30.3 Å². The molecule has 0 aliphatic carbocycles. The third-order valence-corrected chi connectivity index (χ3v) is 3.11. The molecule has 0 bridgehead atoms. The van der Waals surface area contributed by atoms with Crippen LogP contribution in [0.1, 0.15) is 45.6 Å². The first-order chi connectivity index (χ1) is 11.2. The monoisotopic (exact) mass is 341 g/mol. The number of carbonyl (C=O) groups is 2. The quantitative estimate of drug-likeness (QED) is 0.703. The molecule has 0 fully saturated rings. The number of halogens is 2. The number of alkyl halides is 2. The molecule has 0 atom stereocenters. The highest BCUT2D eigenvalue weighted by Crippen LogP contribution is 2.14. The number of amides is 1. The zero-order chi connectivity index (χ0) is 18.2. The van der Waals surface area contributed by atoms with Crippen LogP contribution < -0.4 is 0 Å². The number of hydrogen-bond donors (Lipinski definition) is 0. The summed E-state index contributed by atoms with van der Waals surface area (Å²) in [6.45, 7) is 5.32. The van der Waals surface area contributed by atoms with Gasteiger partial charge in [-0.1, -0.05) is 30.3 Å². The molecule has 0 spiro atoms. The Bertz CT molecular complexity index is 527. The van der Waals surface area contributed by atoms with Gasteiger partial charge in [0.25, 0.3) is 0 Å². The summed E-state index contributed by atoms with van der Waals surface area (Å²) >= 11 is 0. The largest absolute Gasteiger partial charge is 0.444 e. The van der Waals surface area contributed by atoms with Crippen molar-refractivity contribution in [3.05, 3.63) is 35.9 Å². The van der Waals surface area contributed by atoms with Crippen LogP contribution in [0.3, 0.4) is 0 Å². The molecule has 4 nitrogen and oxygen atoms in total. The molecule has 0 saturated carbocycles. The SMILES string of the molecule is CC(C)(C)OC(=O)N(CC(=O)CCCC(F)F)Cc1ccccc1. The normalized spacial score (nSPS) is 11.4. The lowest BCUT2D eigenvalue weighted by molar-refractivity contribution is -0.120. The summed E-state index contributed by atoms with van der Waals surface area (Å²) in [7, 11) is 0. The fraction of sp³-hybridized carbons (Fsp3) is 0.556. The van der Waals surface area contributed by atoms with E-state index in [1.165, 1.54) is 4.90 Å². The van der Waals surface area contributed by atoms with Gasteiger partial charge in [0.05, 0.1) is 6.54 Å². The highest BCUT2D eigenvalue weighted by atomic mass is 19.3. The van der Waals surface area contributed by atoms with E-state index < -0.39 is 18.1 Å². The number of carbonyl (C=O) groups excluding carboxylic acids is 2. The number of ether oxygens (including phenoxy) is 1. The van der Waals surface area contributed by atoms with Gasteiger partial charge in [-0.3, -0.25) is 9.69 Å². The van der Waals surface area contributed by atoms with E-state index in [0.717, 1.165) is 5.56 Å². The lowest BCUT2D eigenvalue weighted by Gasteiger charge is -2.27. The summed E-state index contributed by atoms with van der Waals surface area (Å²) in [6.07, 6.45) is -3.17. The third kappa shape index (κ3) is 8.60. The minimum Gasteiger partial charge on any atom is -0.444 e. The molecule has 1 aromatic rings. The molecule has 1 aromatic carbocycles. The molecule has 0 aliphatic rings. The second-order valence-corrected chi connectivity index (χ2v) is 6.64. The van der Waals surface area contributed by atoms with E-state index in [1.54, 1.807) is 20.8 Å². The Morgan fingerprint density at radius 3 is 2.33 bits per heavy atom. The summed E-state index contributed by atoms with van der Waals surface area (Å²) < 4.78 is 29.6. The van der Waals surface area contributed by atoms with E-state index in [-0.39, 0.29) is 38.1 Å². The van der Waals surface area contributed by atoms with E-state index >= 15 is 0 Å². The molecule has 6 heteroatoms. The maximum absolute atomic E-state index is 12.3. The van der Waals surface area contributed by atoms with Gasteiger partial charge in [-0.25, -0.2) is 13.6 Å². The van der Waals surface area contributed by atoms with Gasteiger partial charge in [0.15, 0.2) is 5.78 Å². The first-order valence-electron chi connectivity index (χ1n) is 7.99. The minimum absolute atomic E-state index is 0.0262. The van der Waals surface area contributed by atoms with Crippen LogP contribution in [-0.2, 0) is 16.1 Å². The van der Waals surface area contributed by atoms with Crippen LogP contribution >= 0.6 is 0 Å². The van der Waals surface area contributed by atoms with Gasteiger partial charge in [0.2, 0.25) is 6.43 Å². The van der Waals surface area contributed by atoms with Crippen LogP contribution in [0.15, 0.2) is 30.3 Å². The van der Waals surface area contributed by atoms with Crippen molar-refractivity contribution in [1.29, 1.82) is 0 Å². The number of nitrogens with zero attached hydrogens (tertiary/aromatic N) is 1. The summed E-state index contributed by atoms with van der Waals surface area (Å²) in [5.74, 6) is -0.252. The van der Waals surface area contributed by atoms with Gasteiger partial charge in [-0.15, -0.1) is 0 Å². The fourth-order valence-corrected chi connectivity index (χ4v) is 2.06. The Hall–Kier alpha value is -1.98. The highest BCUT2D eigenvalue weighted by molar-refractivity contribution is 5.84. The molecule has 134 valence electrons. The van der Waals surface area contributed by atoms with Crippen molar-refractivity contribution >= 4 is 11.9 Å². The Balaban J connectivity index is 2.70. The van der Waals surface area contributed by atoms with E-state index in [0.29, 0.717) is 0 Å². The van der Waals surface area contributed by atoms with Crippen molar-refractivity contribution < 1.29 is 23.1 Å². The Morgan fingerprint density at radius 2 is 1.79 bits per heavy atom. The zero-order valence-electron chi connectivity index (χ0n) is 14.4. The molecule has 1 amide bonds. The van der Waals surface area contributed by atoms with Crippen molar-refractivity contribution in [2.75, 3.05) is 6.54 Å². The smallest absolute Gasteiger partial charge is 0.410 e. The number of benzene rings is 1. The predicted octanol–water partition coefficient (Wildman–Crippen LogP) is 4.43. The molecule has 0 N–H and O–H groups in total. The molecular weight excluding hydrogens is 316 g/mol. The Labute approximate surface area is 141 Å². The van der Waals surface area contributed by atoms with Gasteiger partial charge in [-0.05, 0) is 32.8 Å². The Morgan fingerprint density at radius 1 is 1.17 bits per heavy atom. The van der Waals surface area contributed by atoms with E-state index in [4.69, 9.17) is 4.74 Å². The fourth-order valence-electron chi connectivity index (χ4n) is 2.06. The molecule has 1 rings (SSSR count). The van der Waals surface area contributed by atoms with Gasteiger partial charge in [0.1, 0.15) is 5.60 Å². The van der Waals surface area contributed by atoms with Crippen molar-refractivity contribution in [1.82, 2.24) is 4.90 Å². The van der Waals surface area contributed by atoms with E-state index in [2.05, 4.69) is 0 Å². The van der Waals surface area contributed by atoms with Gasteiger partial charge >= 0.3 is 6.09 Å². The second-order valence-electron chi connectivity index (χ2n) is 6.64. The molecule has 24 heavy (non-hydrogen) atoms. The highest BCUT2D eigenvalue weighted by Gasteiger charge is 2.24. The zero-order valence-corrected chi connectivity index (χ0v) is 14.4. The van der Waals surface area contributed by atoms with Crippen molar-refractivity contribution in [3.63, 3.8) is 0 Å². The van der Waals surface area contributed by atoms with E-state index in [9.17, 15) is 18.4 Å². The van der Waals surface area contributed by atoms with Crippen LogP contribution in [0.25, 0.3) is 0 Å². The molecule has 0 aliphatic heterocycles. The second kappa shape index (κ2) is 9.35. The molecule has 0 saturated heterocycles. The lowest BCUT2D eigenvalue weighted by atomic mass is 10.1. The average Bonchev–Trinajstić information content (AvgIpc) is 2.45. The number of rotatable bonds is 8. The summed E-state index contributed by atoms with van der Waals surface area (Å²) in [4.78, 5) is 25.6. The van der Waals surface area contributed by atoms with Gasteiger partial charge in [0, 0.05) is 19.4 Å². The maximum Gasteiger partial charge on any atom is 0.410 e. The summed E-state index contributed by atoms with van der Waals surface area (Å²) in [5.41, 5.74) is 0.189. The standard InChI is InChI=1S/C18H25F2NO3/c1-18(2,3)24-17(23)21(12-14-8-5-4-6-9-14)13-15(22)10-7-11-16(19)20/h4-6,8-9,16H,7,10-13H2,1-3H3. The van der Waals surface area contributed by atoms with Crippen LogP contribution in [0.4, 0.5) is 13.6 Å². The first-order valence-corrected chi connectivity index (χ1v) is 7.99. The van der Waals surface area contributed by atoms with Gasteiger partial charge in [-0.2, -0.15) is 0 Å². The topological polar surface area (TPSA) is 46.6 Å². The van der Waals surface area contributed by atoms with Crippen molar-refractivity contribution in [2.45, 2.75) is 58.6 Å². The minimum atomic E-state index is -2.41. The number of hydrogen-bond acceptors (Lipinski definition) is 3. The van der Waals surface area contributed by atoms with Crippen LogP contribution in [0, 0.1) is 0 Å². The molecule has 0 unspecified atom stereocenters. The molecule has 0 heterocycles. The van der Waals surface area contributed by atoms with Crippen molar-refractivity contribution in [3.8, 4) is 0 Å². The molecule has 0 radical (unpaired) electrons. The van der Waals surface area contributed by atoms with Crippen molar-refractivity contribution in [2.24, 2.45) is 0 Å². The molecule has 0 aromatic heterocycles. The average molecular weight is 341 g/mol. The summed E-state index contributed by atoms with van der Waals surface area (Å²) in [6, 6.07) is 9.23.